The van der Waals surface area contributed by atoms with Crippen LogP contribution in [0.1, 0.15) is 70.4 Å². The van der Waals surface area contributed by atoms with Crippen molar-refractivity contribution in [3.63, 3.8) is 0 Å². The smallest absolute Gasteiger partial charge is 0.407 e. The number of unbranched alkanes of at least 4 members (excludes halogenated alkanes) is 1. The molecule has 7 heteroatoms. The molecular formula is C28H36N2O5. The molecule has 0 saturated carbocycles. The second-order valence-corrected chi connectivity index (χ2v) is 10.2. The van der Waals surface area contributed by atoms with E-state index in [9.17, 15) is 19.5 Å². The lowest BCUT2D eigenvalue weighted by atomic mass is 9.86. The van der Waals surface area contributed by atoms with Gasteiger partial charge in [0.05, 0.1) is 6.42 Å². The lowest BCUT2D eigenvalue weighted by Crippen LogP contribution is -2.55. The molecule has 0 bridgehead atoms. The van der Waals surface area contributed by atoms with Crippen LogP contribution >= 0.6 is 0 Å². The molecule has 1 aliphatic carbocycles. The quantitative estimate of drug-likeness (QED) is 0.439. The average Bonchev–Trinajstić information content (AvgIpc) is 3.12. The fourth-order valence-electron chi connectivity index (χ4n) is 4.60. The molecule has 3 rings (SSSR count). The van der Waals surface area contributed by atoms with Gasteiger partial charge in [0, 0.05) is 12.0 Å². The van der Waals surface area contributed by atoms with E-state index in [2.05, 4.69) is 22.8 Å². The summed E-state index contributed by atoms with van der Waals surface area (Å²) in [5.74, 6) is -1.46. The molecule has 0 radical (unpaired) electrons. The molecule has 2 unspecified atom stereocenters. The Morgan fingerprint density at radius 3 is 2.06 bits per heavy atom. The number of carboxylic acids is 1. The van der Waals surface area contributed by atoms with Crippen LogP contribution in [0, 0.1) is 5.41 Å². The fourth-order valence-corrected chi connectivity index (χ4v) is 4.60. The summed E-state index contributed by atoms with van der Waals surface area (Å²) < 4.78 is 5.63. The Hall–Kier alpha value is -3.35. The van der Waals surface area contributed by atoms with Crippen LogP contribution in [-0.2, 0) is 14.3 Å². The van der Waals surface area contributed by atoms with Crippen molar-refractivity contribution in [1.29, 1.82) is 0 Å². The lowest BCUT2D eigenvalue weighted by molar-refractivity contribution is -0.138. The number of nitrogens with one attached hydrogen (secondary N) is 2. The van der Waals surface area contributed by atoms with Gasteiger partial charge in [0.1, 0.15) is 12.6 Å². The topological polar surface area (TPSA) is 105 Å². The molecule has 2 aromatic carbocycles. The SMILES string of the molecule is CCCCC(CC(=O)O)NC(=O)C(NC(=O)OCC1c2ccccc2-c2ccccc21)C(C)(C)C. The molecule has 0 heterocycles. The maximum absolute atomic E-state index is 13.1. The molecule has 3 N–H and O–H groups in total. The Balaban J connectivity index is 1.67. The summed E-state index contributed by atoms with van der Waals surface area (Å²) in [7, 11) is 0. The average molecular weight is 481 g/mol. The van der Waals surface area contributed by atoms with Crippen LogP contribution in [0.4, 0.5) is 4.79 Å². The number of fused-ring (bicyclic) bond motifs is 3. The van der Waals surface area contributed by atoms with Gasteiger partial charge in [-0.15, -0.1) is 0 Å². The molecule has 0 aliphatic heterocycles. The predicted octanol–water partition coefficient (Wildman–Crippen LogP) is 5.09. The highest BCUT2D eigenvalue weighted by atomic mass is 16.5. The molecule has 188 valence electrons. The van der Waals surface area contributed by atoms with Crippen LogP contribution in [0.3, 0.4) is 0 Å². The zero-order valence-electron chi connectivity index (χ0n) is 21.0. The van der Waals surface area contributed by atoms with Gasteiger partial charge in [-0.25, -0.2) is 4.79 Å². The van der Waals surface area contributed by atoms with E-state index in [1.807, 2.05) is 64.1 Å². The number of hydrogen-bond acceptors (Lipinski definition) is 4. The maximum Gasteiger partial charge on any atom is 0.407 e. The molecule has 2 aromatic rings. The predicted molar refractivity (Wildman–Crippen MR) is 135 cm³/mol. The van der Waals surface area contributed by atoms with Crippen molar-refractivity contribution < 1.29 is 24.2 Å². The minimum Gasteiger partial charge on any atom is -0.481 e. The summed E-state index contributed by atoms with van der Waals surface area (Å²) in [6.07, 6.45) is 1.43. The van der Waals surface area contributed by atoms with E-state index in [-0.39, 0.29) is 18.9 Å². The van der Waals surface area contributed by atoms with Gasteiger partial charge in [-0.2, -0.15) is 0 Å². The number of carboxylic acid groups (broad SMARTS) is 1. The van der Waals surface area contributed by atoms with E-state index in [1.165, 1.54) is 0 Å². The van der Waals surface area contributed by atoms with Crippen molar-refractivity contribution in [3.05, 3.63) is 59.7 Å². The lowest BCUT2D eigenvalue weighted by Gasteiger charge is -2.31. The number of carbonyl (C=O) groups is 3. The Morgan fingerprint density at radius 2 is 1.54 bits per heavy atom. The number of carbonyl (C=O) groups excluding carboxylic acids is 2. The van der Waals surface area contributed by atoms with Crippen LogP contribution in [0.15, 0.2) is 48.5 Å². The molecule has 2 amide bonds. The van der Waals surface area contributed by atoms with Crippen LogP contribution < -0.4 is 10.6 Å². The van der Waals surface area contributed by atoms with Gasteiger partial charge in [-0.05, 0) is 34.1 Å². The van der Waals surface area contributed by atoms with Gasteiger partial charge in [0.15, 0.2) is 0 Å². The second kappa shape index (κ2) is 11.4. The Kier molecular flexibility index (Phi) is 8.54. The first-order valence-electron chi connectivity index (χ1n) is 12.3. The molecule has 7 nitrogen and oxygen atoms in total. The van der Waals surface area contributed by atoms with Gasteiger partial charge in [0.25, 0.3) is 0 Å². The third kappa shape index (κ3) is 6.62. The largest absolute Gasteiger partial charge is 0.481 e. The van der Waals surface area contributed by atoms with Crippen molar-refractivity contribution in [1.82, 2.24) is 10.6 Å². The highest BCUT2D eigenvalue weighted by Crippen LogP contribution is 2.44. The minimum absolute atomic E-state index is 0.0796. The number of rotatable bonds is 10. The maximum atomic E-state index is 13.1. The van der Waals surface area contributed by atoms with E-state index >= 15 is 0 Å². The molecular weight excluding hydrogens is 444 g/mol. The Morgan fingerprint density at radius 1 is 0.971 bits per heavy atom. The van der Waals surface area contributed by atoms with Crippen LogP contribution in [-0.4, -0.2) is 41.8 Å². The molecule has 0 saturated heterocycles. The summed E-state index contributed by atoms with van der Waals surface area (Å²) in [5.41, 5.74) is 3.90. The summed E-state index contributed by atoms with van der Waals surface area (Å²) in [6, 6.07) is 14.8. The van der Waals surface area contributed by atoms with E-state index in [0.29, 0.717) is 6.42 Å². The summed E-state index contributed by atoms with van der Waals surface area (Å²) in [5, 5.41) is 14.8. The zero-order chi connectivity index (χ0) is 25.6. The molecule has 2 atom stereocenters. The third-order valence-electron chi connectivity index (χ3n) is 6.41. The van der Waals surface area contributed by atoms with Crippen molar-refractivity contribution in [2.45, 2.75) is 71.4 Å². The number of ether oxygens (including phenoxy) is 1. The fraction of sp³-hybridized carbons (Fsp3) is 0.464. The Bertz CT molecular complexity index is 1010. The van der Waals surface area contributed by atoms with Gasteiger partial charge < -0.3 is 20.5 Å². The van der Waals surface area contributed by atoms with Crippen molar-refractivity contribution >= 4 is 18.0 Å². The van der Waals surface area contributed by atoms with Gasteiger partial charge in [-0.1, -0.05) is 89.1 Å². The van der Waals surface area contributed by atoms with E-state index in [4.69, 9.17) is 4.74 Å². The zero-order valence-corrected chi connectivity index (χ0v) is 21.0. The van der Waals surface area contributed by atoms with Crippen molar-refractivity contribution in [2.75, 3.05) is 6.61 Å². The highest BCUT2D eigenvalue weighted by Gasteiger charge is 2.35. The molecule has 0 aromatic heterocycles. The van der Waals surface area contributed by atoms with Crippen LogP contribution in [0.5, 0.6) is 0 Å². The highest BCUT2D eigenvalue weighted by molar-refractivity contribution is 5.87. The van der Waals surface area contributed by atoms with Crippen molar-refractivity contribution in [3.8, 4) is 11.1 Å². The summed E-state index contributed by atoms with van der Waals surface area (Å²) in [6.45, 7) is 7.70. The monoisotopic (exact) mass is 480 g/mol. The number of hydrogen-bond donors (Lipinski definition) is 3. The van der Waals surface area contributed by atoms with E-state index < -0.39 is 35.5 Å². The summed E-state index contributed by atoms with van der Waals surface area (Å²) in [4.78, 5) is 37.2. The molecule has 0 spiro atoms. The summed E-state index contributed by atoms with van der Waals surface area (Å²) >= 11 is 0. The first kappa shape index (κ1) is 26.3. The molecule has 1 aliphatic rings. The first-order valence-corrected chi connectivity index (χ1v) is 12.3. The minimum atomic E-state index is -0.969. The molecule has 0 fully saturated rings. The number of aliphatic carboxylic acids is 1. The number of amides is 2. The first-order chi connectivity index (χ1) is 16.6. The standard InChI is InChI=1S/C28H36N2O5/c1-5-6-11-18(16-24(31)32)29-26(33)25(28(2,3)4)30-27(34)35-17-23-21-14-9-7-12-19(21)20-13-8-10-15-22(20)23/h7-10,12-15,18,23,25H,5-6,11,16-17H2,1-4H3,(H,29,33)(H,30,34)(H,31,32). The van der Waals surface area contributed by atoms with Gasteiger partial charge in [-0.3, -0.25) is 9.59 Å². The van der Waals surface area contributed by atoms with Gasteiger partial charge >= 0.3 is 12.1 Å². The normalized spacial score (nSPS) is 14.4. The van der Waals surface area contributed by atoms with E-state index in [1.54, 1.807) is 0 Å². The van der Waals surface area contributed by atoms with Crippen LogP contribution in [0.2, 0.25) is 0 Å². The van der Waals surface area contributed by atoms with E-state index in [0.717, 1.165) is 35.1 Å². The van der Waals surface area contributed by atoms with Crippen LogP contribution in [0.25, 0.3) is 11.1 Å². The third-order valence-corrected chi connectivity index (χ3v) is 6.41. The number of benzene rings is 2. The van der Waals surface area contributed by atoms with Gasteiger partial charge in [0.2, 0.25) is 5.91 Å². The Labute approximate surface area is 207 Å². The van der Waals surface area contributed by atoms with Crippen molar-refractivity contribution in [2.24, 2.45) is 5.41 Å². The number of alkyl carbamates (subject to hydrolysis) is 1. The second-order valence-electron chi connectivity index (χ2n) is 10.2. The molecule has 35 heavy (non-hydrogen) atoms.